The third-order valence-electron chi connectivity index (χ3n) is 5.65. The summed E-state index contributed by atoms with van der Waals surface area (Å²) in [6.07, 6.45) is -11.9. The lowest BCUT2D eigenvalue weighted by atomic mass is 9.87. The number of hydrogen-bond acceptors (Lipinski definition) is 4. The molecule has 2 N–H and O–H groups in total. The largest absolute Gasteiger partial charge is 0.481 e. The van der Waals surface area contributed by atoms with E-state index in [4.69, 9.17) is 5.11 Å². The van der Waals surface area contributed by atoms with Gasteiger partial charge in [0.1, 0.15) is 0 Å². The van der Waals surface area contributed by atoms with Crippen LogP contribution in [0.1, 0.15) is 19.3 Å². The molecule has 0 aromatic rings. The summed E-state index contributed by atoms with van der Waals surface area (Å²) in [6, 6.07) is 0. The van der Waals surface area contributed by atoms with Crippen LogP contribution in [-0.4, -0.2) is 114 Å². The Labute approximate surface area is 243 Å². The summed E-state index contributed by atoms with van der Waals surface area (Å²) in [5.74, 6) is -72.1. The van der Waals surface area contributed by atoms with Crippen LogP contribution in [0.25, 0.3) is 0 Å². The Hall–Kier alpha value is -2.08. The van der Waals surface area contributed by atoms with Crippen LogP contribution in [0.15, 0.2) is 0 Å². The first-order valence-electron chi connectivity index (χ1n) is 11.5. The first-order chi connectivity index (χ1) is 19.6. The molecule has 1 atom stereocenters. The molecule has 0 aliphatic carbocycles. The molecule has 5 nitrogen and oxygen atoms in total. The highest BCUT2D eigenvalue weighted by Gasteiger charge is 2.96. The molecule has 0 rings (SSSR count). The smallest absolute Gasteiger partial charge is 0.460 e. The standard InChI is InChI=1S/C20H21F19N2O3S/c1-41(2)6-3-5-40-11(44)9(8-10(42)43)45-7-4-12(21,22)13(23,24)14(25,26)15(27,28)16(29,30)17(31,32)18(33,34)19(35,36)20(37,38)39/h9H,3-8H2,1-2H3,(H,40,44)(H,42,43). The molecular weight excluding hydrogens is 709 g/mol. The summed E-state index contributed by atoms with van der Waals surface area (Å²) >= 11 is -0.305. The molecule has 45 heavy (non-hydrogen) atoms. The maximum atomic E-state index is 14.1. The van der Waals surface area contributed by atoms with Crippen LogP contribution in [0, 0.1) is 0 Å². The highest BCUT2D eigenvalue weighted by Crippen LogP contribution is 2.65. The lowest BCUT2D eigenvalue weighted by Crippen LogP contribution is -2.75. The maximum absolute atomic E-state index is 14.1. The molecule has 0 aliphatic heterocycles. The molecule has 0 spiro atoms. The molecular formula is C20H21F19N2O3S. The molecule has 0 fully saturated rings. The van der Waals surface area contributed by atoms with Crippen molar-refractivity contribution in [2.45, 2.75) is 78.1 Å². The molecule has 1 amide bonds. The SMILES string of the molecule is CN(C)CCCNC(=O)C(CC(=O)O)SCCC(F)(F)C(F)(F)C(F)(F)C(F)(F)C(F)(F)C(F)(F)C(F)(F)C(F)(F)C(F)(F)F. The number of aliphatic carboxylic acids is 1. The second-order valence-electron chi connectivity index (χ2n) is 9.38. The zero-order chi connectivity index (χ0) is 36.5. The molecule has 0 saturated heterocycles. The highest BCUT2D eigenvalue weighted by atomic mass is 32.2. The van der Waals surface area contributed by atoms with Gasteiger partial charge in [0.15, 0.2) is 0 Å². The molecule has 0 aromatic heterocycles. The normalized spacial score (nSPS) is 15.8. The van der Waals surface area contributed by atoms with Crippen LogP contribution >= 0.6 is 11.8 Å². The number of thioether (sulfide) groups is 1. The molecule has 0 heterocycles. The lowest BCUT2D eigenvalue weighted by molar-refractivity contribution is -0.468. The summed E-state index contributed by atoms with van der Waals surface area (Å²) in [5, 5.41) is 8.93. The summed E-state index contributed by atoms with van der Waals surface area (Å²) in [6.45, 7) is 0.153. The molecule has 0 aliphatic rings. The number of nitrogens with one attached hydrogen (secondary N) is 1. The zero-order valence-electron chi connectivity index (χ0n) is 22.1. The van der Waals surface area contributed by atoms with Crippen molar-refractivity contribution in [3.05, 3.63) is 0 Å². The Morgan fingerprint density at radius 1 is 0.667 bits per heavy atom. The van der Waals surface area contributed by atoms with Gasteiger partial charge in [0.25, 0.3) is 0 Å². The number of nitrogens with zero attached hydrogens (tertiary/aromatic N) is 1. The van der Waals surface area contributed by atoms with Gasteiger partial charge in [-0.3, -0.25) is 9.59 Å². The summed E-state index contributed by atoms with van der Waals surface area (Å²) in [4.78, 5) is 24.6. The van der Waals surface area contributed by atoms with Gasteiger partial charge >= 0.3 is 59.5 Å². The lowest BCUT2D eigenvalue weighted by Gasteiger charge is -2.43. The first kappa shape index (κ1) is 42.9. The molecule has 1 unspecified atom stereocenters. The van der Waals surface area contributed by atoms with Crippen molar-refractivity contribution in [1.29, 1.82) is 0 Å². The fourth-order valence-electron chi connectivity index (χ4n) is 2.99. The molecule has 0 aromatic carbocycles. The summed E-state index contributed by atoms with van der Waals surface area (Å²) < 4.78 is 255. The third kappa shape index (κ3) is 7.91. The van der Waals surface area contributed by atoms with Gasteiger partial charge in [0.05, 0.1) is 11.7 Å². The van der Waals surface area contributed by atoms with Gasteiger partial charge in [-0.05, 0) is 27.1 Å². The highest BCUT2D eigenvalue weighted by molar-refractivity contribution is 8.00. The average Bonchev–Trinajstić information content (AvgIpc) is 2.83. The Morgan fingerprint density at radius 3 is 1.40 bits per heavy atom. The Morgan fingerprint density at radius 2 is 1.04 bits per heavy atom. The predicted octanol–water partition coefficient (Wildman–Crippen LogP) is 6.67. The second-order valence-corrected chi connectivity index (χ2v) is 10.7. The monoisotopic (exact) mass is 730 g/mol. The van der Waals surface area contributed by atoms with Gasteiger partial charge in [-0.2, -0.15) is 83.4 Å². The number of carbonyl (C=O) groups is 2. The van der Waals surface area contributed by atoms with Crippen molar-refractivity contribution in [3.8, 4) is 0 Å². The van der Waals surface area contributed by atoms with Crippen molar-refractivity contribution >= 4 is 23.6 Å². The van der Waals surface area contributed by atoms with E-state index in [2.05, 4.69) is 5.32 Å². The molecule has 0 radical (unpaired) electrons. The first-order valence-corrected chi connectivity index (χ1v) is 12.5. The Balaban J connectivity index is 6.26. The topological polar surface area (TPSA) is 69.6 Å². The summed E-state index contributed by atoms with van der Waals surface area (Å²) in [5.41, 5.74) is 0. The van der Waals surface area contributed by atoms with Gasteiger partial charge in [0, 0.05) is 18.7 Å². The van der Waals surface area contributed by atoms with Gasteiger partial charge in [-0.1, -0.05) is 0 Å². The van der Waals surface area contributed by atoms with Crippen LogP contribution in [0.2, 0.25) is 0 Å². The average molecular weight is 730 g/mol. The van der Waals surface area contributed by atoms with Crippen LogP contribution in [0.4, 0.5) is 83.4 Å². The minimum atomic E-state index is -9.01. The van der Waals surface area contributed by atoms with Crippen LogP contribution in [-0.2, 0) is 9.59 Å². The number of carboxylic acid groups (broad SMARTS) is 1. The van der Waals surface area contributed by atoms with Gasteiger partial charge in [-0.15, -0.1) is 11.8 Å². The van der Waals surface area contributed by atoms with Crippen molar-refractivity contribution in [1.82, 2.24) is 10.2 Å². The van der Waals surface area contributed by atoms with E-state index in [9.17, 15) is 93.0 Å². The minimum Gasteiger partial charge on any atom is -0.481 e. The van der Waals surface area contributed by atoms with Crippen LogP contribution < -0.4 is 5.32 Å². The van der Waals surface area contributed by atoms with E-state index in [0.717, 1.165) is 0 Å². The Kier molecular flexibility index (Phi) is 12.9. The minimum absolute atomic E-state index is 0.185. The van der Waals surface area contributed by atoms with Crippen LogP contribution in [0.3, 0.4) is 0 Å². The quantitative estimate of drug-likeness (QED) is 0.122. The van der Waals surface area contributed by atoms with E-state index < -0.39 is 89.3 Å². The van der Waals surface area contributed by atoms with E-state index in [-0.39, 0.29) is 24.7 Å². The van der Waals surface area contributed by atoms with Gasteiger partial charge in [0.2, 0.25) is 5.91 Å². The van der Waals surface area contributed by atoms with E-state index in [1.54, 1.807) is 19.0 Å². The number of rotatable bonds is 18. The van der Waals surface area contributed by atoms with Crippen molar-refractivity contribution in [2.24, 2.45) is 0 Å². The van der Waals surface area contributed by atoms with E-state index in [0.29, 0.717) is 6.54 Å². The van der Waals surface area contributed by atoms with Crippen molar-refractivity contribution in [3.63, 3.8) is 0 Å². The van der Waals surface area contributed by atoms with Crippen LogP contribution in [0.5, 0.6) is 0 Å². The fraction of sp³-hybridized carbons (Fsp3) is 0.900. The molecule has 0 bridgehead atoms. The number of alkyl halides is 19. The molecule has 25 heteroatoms. The van der Waals surface area contributed by atoms with E-state index in [1.165, 1.54) is 0 Å². The van der Waals surface area contributed by atoms with Crippen molar-refractivity contribution < 1.29 is 98.1 Å². The van der Waals surface area contributed by atoms with Gasteiger partial charge in [-0.25, -0.2) is 0 Å². The van der Waals surface area contributed by atoms with E-state index in [1.807, 2.05) is 0 Å². The maximum Gasteiger partial charge on any atom is 0.460 e. The van der Waals surface area contributed by atoms with E-state index >= 15 is 0 Å². The number of carbonyl (C=O) groups excluding carboxylic acids is 1. The second kappa shape index (κ2) is 13.6. The number of carboxylic acids is 1. The van der Waals surface area contributed by atoms with Gasteiger partial charge < -0.3 is 15.3 Å². The molecule has 268 valence electrons. The summed E-state index contributed by atoms with van der Waals surface area (Å²) in [7, 11) is 3.18. The number of hydrogen-bond donors (Lipinski definition) is 2. The fourth-order valence-corrected chi connectivity index (χ4v) is 4.14. The number of halogens is 19. The molecule has 0 saturated carbocycles. The zero-order valence-corrected chi connectivity index (χ0v) is 22.9. The predicted molar refractivity (Wildman–Crippen MR) is 115 cm³/mol. The number of amides is 1. The van der Waals surface area contributed by atoms with Crippen molar-refractivity contribution in [2.75, 3.05) is 32.9 Å². The third-order valence-corrected chi connectivity index (χ3v) is 6.87. The Bertz CT molecular complexity index is 1030.